The van der Waals surface area contributed by atoms with Crippen molar-refractivity contribution in [1.82, 2.24) is 4.90 Å². The molecule has 0 aliphatic carbocycles. The highest BCUT2D eigenvalue weighted by molar-refractivity contribution is 5.87. The molecule has 0 aromatic heterocycles. The first-order valence-corrected chi connectivity index (χ1v) is 3.83. The summed E-state index contributed by atoms with van der Waals surface area (Å²) in [6.07, 6.45) is 2.17. The van der Waals surface area contributed by atoms with Crippen molar-refractivity contribution in [2.24, 2.45) is 11.1 Å². The molecule has 2 saturated heterocycles. The summed E-state index contributed by atoms with van der Waals surface area (Å²) in [6.45, 7) is 3.42. The molecule has 1 N–H and O–H groups in total. The Balaban J connectivity index is 2.14. The van der Waals surface area contributed by atoms with Crippen LogP contribution in [0.2, 0.25) is 0 Å². The zero-order chi connectivity index (χ0) is 6.97. The van der Waals surface area contributed by atoms with Crippen LogP contribution in [0.4, 0.5) is 0 Å². The molecule has 2 aliphatic rings. The molecule has 2 heterocycles. The summed E-state index contributed by atoms with van der Waals surface area (Å²) in [5, 5.41) is 11.9. The molecule has 2 fully saturated rings. The molecular weight excluding hydrogens is 128 g/mol. The fourth-order valence-corrected chi connectivity index (χ4v) is 1.92. The molecular formula is C7H12N2O. The lowest BCUT2D eigenvalue weighted by molar-refractivity contribution is 0.295. The molecule has 0 spiro atoms. The first-order valence-electron chi connectivity index (χ1n) is 3.83. The Kier molecular flexibility index (Phi) is 1.38. The molecule has 3 nitrogen and oxygen atoms in total. The summed E-state index contributed by atoms with van der Waals surface area (Å²) in [6, 6.07) is 0. The molecule has 0 amide bonds. The molecule has 2 aliphatic heterocycles. The van der Waals surface area contributed by atoms with Crippen LogP contribution in [0, 0.1) is 5.92 Å². The van der Waals surface area contributed by atoms with Crippen LogP contribution in [0.15, 0.2) is 5.16 Å². The van der Waals surface area contributed by atoms with E-state index in [-0.39, 0.29) is 0 Å². The second-order valence-corrected chi connectivity index (χ2v) is 3.13. The number of hydrogen-bond donors (Lipinski definition) is 1. The van der Waals surface area contributed by atoms with E-state index in [0.29, 0.717) is 5.92 Å². The molecule has 10 heavy (non-hydrogen) atoms. The molecule has 0 aromatic carbocycles. The lowest BCUT2D eigenvalue weighted by Gasteiger charge is -2.22. The molecule has 3 heteroatoms. The molecule has 2 bridgehead atoms. The number of rotatable bonds is 0. The quantitative estimate of drug-likeness (QED) is 0.394. The second kappa shape index (κ2) is 2.23. The van der Waals surface area contributed by atoms with Crippen LogP contribution in [-0.4, -0.2) is 35.5 Å². The molecule has 0 saturated carbocycles. The van der Waals surface area contributed by atoms with Crippen molar-refractivity contribution in [3.8, 4) is 0 Å². The fourth-order valence-electron chi connectivity index (χ4n) is 1.92. The lowest BCUT2D eigenvalue weighted by Crippen LogP contribution is -2.32. The Hall–Kier alpha value is -0.570. The normalized spacial score (nSPS) is 42.6. The monoisotopic (exact) mass is 140 g/mol. The van der Waals surface area contributed by atoms with E-state index >= 15 is 0 Å². The third-order valence-electron chi connectivity index (χ3n) is 2.56. The van der Waals surface area contributed by atoms with Gasteiger partial charge in [-0.2, -0.15) is 0 Å². The average Bonchev–Trinajstić information content (AvgIpc) is 2.34. The van der Waals surface area contributed by atoms with Crippen molar-refractivity contribution in [2.75, 3.05) is 19.6 Å². The number of piperidine rings is 1. The van der Waals surface area contributed by atoms with Crippen LogP contribution in [0.1, 0.15) is 12.8 Å². The highest BCUT2D eigenvalue weighted by Crippen LogP contribution is 2.24. The van der Waals surface area contributed by atoms with Gasteiger partial charge in [0, 0.05) is 25.4 Å². The maximum Gasteiger partial charge on any atom is 0.0627 e. The summed E-state index contributed by atoms with van der Waals surface area (Å²) < 4.78 is 0. The van der Waals surface area contributed by atoms with Gasteiger partial charge in [0.2, 0.25) is 0 Å². The number of fused-ring (bicyclic) bond motifs is 2. The van der Waals surface area contributed by atoms with Gasteiger partial charge in [-0.1, -0.05) is 5.16 Å². The smallest absolute Gasteiger partial charge is 0.0627 e. The van der Waals surface area contributed by atoms with Crippen molar-refractivity contribution >= 4 is 5.71 Å². The van der Waals surface area contributed by atoms with E-state index in [1.54, 1.807) is 0 Å². The van der Waals surface area contributed by atoms with E-state index in [9.17, 15) is 0 Å². The van der Waals surface area contributed by atoms with Gasteiger partial charge in [-0.05, 0) is 13.0 Å². The Morgan fingerprint density at radius 3 is 3.20 bits per heavy atom. The van der Waals surface area contributed by atoms with Gasteiger partial charge in [-0.3, -0.25) is 0 Å². The Bertz CT molecular complexity index is 167. The summed E-state index contributed by atoms with van der Waals surface area (Å²) in [5.74, 6) is 0.568. The third-order valence-corrected chi connectivity index (χ3v) is 2.56. The number of nitrogens with zero attached hydrogens (tertiary/aromatic N) is 2. The predicted molar refractivity (Wildman–Crippen MR) is 38.4 cm³/mol. The van der Waals surface area contributed by atoms with Crippen LogP contribution >= 0.6 is 0 Å². The highest BCUT2D eigenvalue weighted by Gasteiger charge is 2.31. The molecule has 0 aromatic rings. The molecule has 56 valence electrons. The van der Waals surface area contributed by atoms with Crippen LogP contribution in [0.3, 0.4) is 0 Å². The molecule has 0 radical (unpaired) electrons. The van der Waals surface area contributed by atoms with E-state index in [1.165, 1.54) is 13.0 Å². The van der Waals surface area contributed by atoms with Crippen molar-refractivity contribution < 1.29 is 5.21 Å². The zero-order valence-corrected chi connectivity index (χ0v) is 5.95. The van der Waals surface area contributed by atoms with Gasteiger partial charge in [0.15, 0.2) is 0 Å². The highest BCUT2D eigenvalue weighted by atomic mass is 16.4. The van der Waals surface area contributed by atoms with Crippen LogP contribution in [0.5, 0.6) is 0 Å². The van der Waals surface area contributed by atoms with Gasteiger partial charge in [-0.25, -0.2) is 0 Å². The molecule has 1 unspecified atom stereocenters. The minimum Gasteiger partial charge on any atom is -0.411 e. The first kappa shape index (κ1) is 6.16. The van der Waals surface area contributed by atoms with Crippen molar-refractivity contribution in [2.45, 2.75) is 12.8 Å². The third kappa shape index (κ3) is 0.814. The molecule has 2 rings (SSSR count). The van der Waals surface area contributed by atoms with Crippen LogP contribution in [0.25, 0.3) is 0 Å². The van der Waals surface area contributed by atoms with Gasteiger partial charge >= 0.3 is 0 Å². The summed E-state index contributed by atoms with van der Waals surface area (Å²) in [7, 11) is 0. The van der Waals surface area contributed by atoms with Gasteiger partial charge < -0.3 is 10.1 Å². The van der Waals surface area contributed by atoms with Crippen LogP contribution in [-0.2, 0) is 0 Å². The second-order valence-electron chi connectivity index (χ2n) is 3.13. The van der Waals surface area contributed by atoms with Crippen molar-refractivity contribution in [1.29, 1.82) is 0 Å². The minimum atomic E-state index is 0.568. The fraction of sp³-hybridized carbons (Fsp3) is 0.857. The van der Waals surface area contributed by atoms with E-state index in [0.717, 1.165) is 25.2 Å². The SMILES string of the molecule is O/N=C1/CCN2CC[C@H]1C2. The summed E-state index contributed by atoms with van der Waals surface area (Å²) >= 11 is 0. The van der Waals surface area contributed by atoms with E-state index in [4.69, 9.17) is 5.21 Å². The van der Waals surface area contributed by atoms with Gasteiger partial charge in [0.05, 0.1) is 5.71 Å². The standard InChI is InChI=1S/C7H12N2O/c10-8-7-2-4-9-3-1-6(7)5-9/h6,10H,1-5H2/b8-7-/t6-/m0/s1. The average molecular weight is 140 g/mol. The van der Waals surface area contributed by atoms with E-state index in [1.807, 2.05) is 0 Å². The summed E-state index contributed by atoms with van der Waals surface area (Å²) in [4.78, 5) is 2.43. The van der Waals surface area contributed by atoms with Gasteiger partial charge in [0.25, 0.3) is 0 Å². The van der Waals surface area contributed by atoms with Crippen molar-refractivity contribution in [3.63, 3.8) is 0 Å². The topological polar surface area (TPSA) is 35.8 Å². The first-order chi connectivity index (χ1) is 4.90. The Morgan fingerprint density at radius 1 is 1.50 bits per heavy atom. The minimum absolute atomic E-state index is 0.568. The van der Waals surface area contributed by atoms with Crippen molar-refractivity contribution in [3.05, 3.63) is 0 Å². The number of oxime groups is 1. The van der Waals surface area contributed by atoms with Crippen LogP contribution < -0.4 is 0 Å². The number of hydrogen-bond acceptors (Lipinski definition) is 3. The Morgan fingerprint density at radius 2 is 2.40 bits per heavy atom. The largest absolute Gasteiger partial charge is 0.411 e. The van der Waals surface area contributed by atoms with Gasteiger partial charge in [0.1, 0.15) is 0 Å². The maximum atomic E-state index is 8.58. The zero-order valence-electron chi connectivity index (χ0n) is 5.95. The lowest BCUT2D eigenvalue weighted by atomic mass is 9.98. The van der Waals surface area contributed by atoms with E-state index < -0.39 is 0 Å². The summed E-state index contributed by atoms with van der Waals surface area (Å²) in [5.41, 5.74) is 1.02. The maximum absolute atomic E-state index is 8.58. The Labute approximate surface area is 60.3 Å². The van der Waals surface area contributed by atoms with Gasteiger partial charge in [-0.15, -0.1) is 0 Å². The van der Waals surface area contributed by atoms with E-state index in [2.05, 4.69) is 10.1 Å². The molecule has 2 atom stereocenters. The predicted octanol–water partition coefficient (Wildman–Crippen LogP) is 0.542.